The van der Waals surface area contributed by atoms with Crippen molar-refractivity contribution >= 4 is 11.5 Å². The van der Waals surface area contributed by atoms with Crippen LogP contribution in [-0.2, 0) is 0 Å². The Bertz CT molecular complexity index is 863. The van der Waals surface area contributed by atoms with Crippen LogP contribution in [0.25, 0.3) is 11.3 Å². The zero-order valence-corrected chi connectivity index (χ0v) is 13.6. The third kappa shape index (κ3) is 3.64. The molecule has 25 heavy (non-hydrogen) atoms. The minimum Gasteiger partial charge on any atom is -0.340 e. The molecule has 0 saturated carbocycles. The van der Waals surface area contributed by atoms with Crippen LogP contribution in [0.3, 0.4) is 0 Å². The summed E-state index contributed by atoms with van der Waals surface area (Å²) in [6.45, 7) is 1.85. The van der Waals surface area contributed by atoms with Gasteiger partial charge in [0.15, 0.2) is 0 Å². The Morgan fingerprint density at radius 1 is 1.08 bits per heavy atom. The minimum atomic E-state index is -0.284. The van der Waals surface area contributed by atoms with E-state index in [0.29, 0.717) is 11.5 Å². The Hall–Kier alpha value is -2.86. The van der Waals surface area contributed by atoms with E-state index in [0.717, 1.165) is 36.6 Å². The highest BCUT2D eigenvalue weighted by Crippen LogP contribution is 2.26. The number of nitrogens with one attached hydrogen (secondary N) is 2. The molecule has 0 unspecified atom stereocenters. The van der Waals surface area contributed by atoms with E-state index in [-0.39, 0.29) is 11.7 Å². The van der Waals surface area contributed by atoms with Crippen molar-refractivity contribution in [3.05, 3.63) is 66.5 Å². The quantitative estimate of drug-likeness (QED) is 0.764. The Morgan fingerprint density at radius 3 is 2.72 bits per heavy atom. The molecule has 1 aliphatic rings. The van der Waals surface area contributed by atoms with Gasteiger partial charge >= 0.3 is 0 Å². The Labute approximate surface area is 145 Å². The lowest BCUT2D eigenvalue weighted by Crippen LogP contribution is -2.11. The highest BCUT2D eigenvalue weighted by Gasteiger charge is 2.21. The second-order valence-electron chi connectivity index (χ2n) is 6.06. The topological polar surface area (TPSA) is 62.7 Å². The SMILES string of the molecule is Fc1cccc(Nc2cc(-c3ccncc3)nc([C@H]3CCNC3)n2)c1. The number of pyridine rings is 1. The molecular formula is C19H18FN5. The molecule has 1 aliphatic heterocycles. The molecule has 0 bridgehead atoms. The fourth-order valence-corrected chi connectivity index (χ4v) is 2.97. The third-order valence-electron chi connectivity index (χ3n) is 4.24. The van der Waals surface area contributed by atoms with E-state index in [1.165, 1.54) is 12.1 Å². The Kier molecular flexibility index (Phi) is 4.35. The van der Waals surface area contributed by atoms with Crippen LogP contribution in [0.5, 0.6) is 0 Å². The van der Waals surface area contributed by atoms with Gasteiger partial charge in [-0.3, -0.25) is 4.98 Å². The summed E-state index contributed by atoms with van der Waals surface area (Å²) >= 11 is 0. The number of benzene rings is 1. The van der Waals surface area contributed by atoms with Crippen LogP contribution in [0, 0.1) is 5.82 Å². The molecule has 0 radical (unpaired) electrons. The molecule has 2 aromatic heterocycles. The minimum absolute atomic E-state index is 0.284. The lowest BCUT2D eigenvalue weighted by Gasteiger charge is -2.13. The summed E-state index contributed by atoms with van der Waals surface area (Å²) in [6.07, 6.45) is 4.50. The number of hydrogen-bond donors (Lipinski definition) is 2. The summed E-state index contributed by atoms with van der Waals surface area (Å²) in [5.74, 6) is 1.47. The van der Waals surface area contributed by atoms with Gasteiger partial charge in [0, 0.05) is 42.2 Å². The first kappa shape index (κ1) is 15.7. The Balaban J connectivity index is 1.73. The summed E-state index contributed by atoms with van der Waals surface area (Å²) in [7, 11) is 0. The van der Waals surface area contributed by atoms with Crippen LogP contribution < -0.4 is 10.6 Å². The van der Waals surface area contributed by atoms with Gasteiger partial charge in [0.05, 0.1) is 5.69 Å². The second kappa shape index (κ2) is 6.94. The van der Waals surface area contributed by atoms with Crippen LogP contribution in [0.1, 0.15) is 18.2 Å². The number of aromatic nitrogens is 3. The number of nitrogens with zero attached hydrogens (tertiary/aromatic N) is 3. The molecule has 0 spiro atoms. The average molecular weight is 335 g/mol. The highest BCUT2D eigenvalue weighted by molar-refractivity contribution is 5.65. The molecule has 4 rings (SSSR count). The van der Waals surface area contributed by atoms with Crippen molar-refractivity contribution in [2.24, 2.45) is 0 Å². The summed E-state index contributed by atoms with van der Waals surface area (Å²) in [6, 6.07) is 12.1. The van der Waals surface area contributed by atoms with Gasteiger partial charge < -0.3 is 10.6 Å². The molecule has 0 aliphatic carbocycles. The number of hydrogen-bond acceptors (Lipinski definition) is 5. The molecule has 2 N–H and O–H groups in total. The summed E-state index contributed by atoms with van der Waals surface area (Å²) in [5, 5.41) is 6.54. The van der Waals surface area contributed by atoms with E-state index in [9.17, 15) is 4.39 Å². The first-order valence-corrected chi connectivity index (χ1v) is 8.30. The van der Waals surface area contributed by atoms with Gasteiger partial charge in [-0.25, -0.2) is 14.4 Å². The molecule has 1 atom stereocenters. The van der Waals surface area contributed by atoms with E-state index in [1.54, 1.807) is 18.5 Å². The molecule has 1 aromatic carbocycles. The zero-order valence-electron chi connectivity index (χ0n) is 13.6. The van der Waals surface area contributed by atoms with Crippen molar-refractivity contribution in [2.75, 3.05) is 18.4 Å². The molecule has 6 heteroatoms. The van der Waals surface area contributed by atoms with Crippen molar-refractivity contribution in [3.8, 4) is 11.3 Å². The van der Waals surface area contributed by atoms with E-state index >= 15 is 0 Å². The first-order chi connectivity index (χ1) is 12.3. The summed E-state index contributed by atoms with van der Waals surface area (Å²) < 4.78 is 13.5. The third-order valence-corrected chi connectivity index (χ3v) is 4.24. The van der Waals surface area contributed by atoms with E-state index in [1.807, 2.05) is 24.3 Å². The molecule has 3 heterocycles. The number of rotatable bonds is 4. The van der Waals surface area contributed by atoms with Crippen LogP contribution in [0.4, 0.5) is 15.9 Å². The van der Waals surface area contributed by atoms with Crippen LogP contribution >= 0.6 is 0 Å². The van der Waals surface area contributed by atoms with Gasteiger partial charge in [-0.2, -0.15) is 0 Å². The van der Waals surface area contributed by atoms with Crippen molar-refractivity contribution in [1.82, 2.24) is 20.3 Å². The summed E-state index contributed by atoms with van der Waals surface area (Å²) in [4.78, 5) is 13.5. The predicted molar refractivity (Wildman–Crippen MR) is 95.2 cm³/mol. The normalized spacial score (nSPS) is 16.8. The van der Waals surface area contributed by atoms with Crippen LogP contribution in [0.2, 0.25) is 0 Å². The molecule has 3 aromatic rings. The second-order valence-corrected chi connectivity index (χ2v) is 6.06. The average Bonchev–Trinajstić information content (AvgIpc) is 3.17. The fraction of sp³-hybridized carbons (Fsp3) is 0.211. The maximum atomic E-state index is 13.5. The monoisotopic (exact) mass is 335 g/mol. The lowest BCUT2D eigenvalue weighted by molar-refractivity contribution is 0.628. The van der Waals surface area contributed by atoms with Gasteiger partial charge in [0.25, 0.3) is 0 Å². The van der Waals surface area contributed by atoms with Crippen molar-refractivity contribution < 1.29 is 4.39 Å². The maximum absolute atomic E-state index is 13.5. The van der Waals surface area contributed by atoms with Gasteiger partial charge in [0.2, 0.25) is 0 Å². The standard InChI is InChI=1S/C19H18FN5/c20-15-2-1-3-16(10-15)23-18-11-17(13-4-7-21-8-5-13)24-19(25-18)14-6-9-22-12-14/h1-5,7-8,10-11,14,22H,6,9,12H2,(H,23,24,25)/t14-/m0/s1. The highest BCUT2D eigenvalue weighted by atomic mass is 19.1. The van der Waals surface area contributed by atoms with Crippen molar-refractivity contribution in [3.63, 3.8) is 0 Å². The van der Waals surface area contributed by atoms with Crippen molar-refractivity contribution in [2.45, 2.75) is 12.3 Å². The Morgan fingerprint density at radius 2 is 1.96 bits per heavy atom. The molecule has 1 saturated heterocycles. The molecule has 126 valence electrons. The predicted octanol–water partition coefficient (Wildman–Crippen LogP) is 3.50. The largest absolute Gasteiger partial charge is 0.340 e. The van der Waals surface area contributed by atoms with Gasteiger partial charge in [-0.1, -0.05) is 6.07 Å². The van der Waals surface area contributed by atoms with E-state index in [4.69, 9.17) is 4.98 Å². The molecular weight excluding hydrogens is 317 g/mol. The smallest absolute Gasteiger partial charge is 0.135 e. The zero-order chi connectivity index (χ0) is 17.1. The van der Waals surface area contributed by atoms with Gasteiger partial charge in [-0.15, -0.1) is 0 Å². The van der Waals surface area contributed by atoms with Crippen molar-refractivity contribution in [1.29, 1.82) is 0 Å². The van der Waals surface area contributed by atoms with Gasteiger partial charge in [-0.05, 0) is 43.3 Å². The van der Waals surface area contributed by atoms with Gasteiger partial charge in [0.1, 0.15) is 17.5 Å². The molecule has 5 nitrogen and oxygen atoms in total. The number of anilines is 2. The van der Waals surface area contributed by atoms with E-state index < -0.39 is 0 Å². The van der Waals surface area contributed by atoms with Crippen LogP contribution in [0.15, 0.2) is 54.9 Å². The summed E-state index contributed by atoms with van der Waals surface area (Å²) in [5.41, 5.74) is 2.47. The maximum Gasteiger partial charge on any atom is 0.135 e. The van der Waals surface area contributed by atoms with Crippen LogP contribution in [-0.4, -0.2) is 28.0 Å². The van der Waals surface area contributed by atoms with E-state index in [2.05, 4.69) is 20.6 Å². The molecule has 1 fully saturated rings. The molecule has 0 amide bonds. The number of halogens is 1. The fourth-order valence-electron chi connectivity index (χ4n) is 2.97. The lowest BCUT2D eigenvalue weighted by atomic mass is 10.1. The first-order valence-electron chi connectivity index (χ1n) is 8.30.